The van der Waals surface area contributed by atoms with E-state index in [1.165, 1.54) is 51.7 Å². The number of amides is 8. The number of carboxylic acids is 2. The number of H-pyrrole nitrogens is 1. The van der Waals surface area contributed by atoms with Crippen LogP contribution in [-0.2, 0) is 94.2 Å². The summed E-state index contributed by atoms with van der Waals surface area (Å²) in [5.41, 5.74) is 14.2. The second-order valence-electron chi connectivity index (χ2n) is 38.5. The molecule has 36 nitrogen and oxygen atoms in total. The van der Waals surface area contributed by atoms with Gasteiger partial charge in [0.2, 0.25) is 47.3 Å². The summed E-state index contributed by atoms with van der Waals surface area (Å²) in [7, 11) is 4.74. The zero-order valence-electron chi connectivity index (χ0n) is 82.0. The summed E-state index contributed by atoms with van der Waals surface area (Å²) in [6.07, 6.45) is 12.2. The van der Waals surface area contributed by atoms with Crippen molar-refractivity contribution in [3.8, 4) is 11.8 Å². The van der Waals surface area contributed by atoms with Gasteiger partial charge in [-0.05, 0) is 163 Å². The number of methoxy groups -OCH3 is 1. The Morgan fingerprint density at radius 2 is 1.41 bits per heavy atom. The number of nitrogen functional groups attached to an aromatic ring is 1. The predicted octanol–water partition coefficient (Wildman–Crippen LogP) is 10.1. The zero-order chi connectivity index (χ0) is 102. The highest BCUT2D eigenvalue weighted by Gasteiger charge is 2.65. The first-order valence-electron chi connectivity index (χ1n) is 48.5. The number of rotatable bonds is 41. The number of thioether (sulfide) groups is 2. The number of hydrogen-bond donors (Lipinski definition) is 12. The molecule has 774 valence electrons. The van der Waals surface area contributed by atoms with Crippen molar-refractivity contribution in [3.63, 3.8) is 0 Å². The number of aromatic amines is 1. The molecular formula is C101H143N13O23S4. The molecule has 0 saturated carbocycles. The van der Waals surface area contributed by atoms with Gasteiger partial charge in [0.1, 0.15) is 17.9 Å². The van der Waals surface area contributed by atoms with E-state index in [0.717, 1.165) is 90.8 Å². The molecule has 0 bridgehead atoms. The van der Waals surface area contributed by atoms with Gasteiger partial charge >= 0.3 is 11.9 Å². The molecule has 14 N–H and O–H groups in total. The number of imide groups is 3. The average molecular weight is 2040 g/mol. The van der Waals surface area contributed by atoms with Crippen LogP contribution in [0.4, 0.5) is 17.3 Å². The summed E-state index contributed by atoms with van der Waals surface area (Å²) in [5.74, 6) is -0.0639. The number of anilines is 3. The van der Waals surface area contributed by atoms with Gasteiger partial charge in [-0.15, -0.1) is 0 Å². The number of fused-ring (bicyclic) bond motifs is 3. The quantitative estimate of drug-likeness (QED) is 0.00749. The van der Waals surface area contributed by atoms with E-state index in [-0.39, 0.29) is 209 Å². The third kappa shape index (κ3) is 29.6. The van der Waals surface area contributed by atoms with Gasteiger partial charge in [0, 0.05) is 147 Å². The fraction of sp³-hybridized carbons (Fsp3) is 0.634. The summed E-state index contributed by atoms with van der Waals surface area (Å²) < 4.78 is 47.6. The number of nitrogens with zero attached hydrogens (tertiary/aromatic N) is 5. The second-order valence-corrected chi connectivity index (χ2v) is 43.1. The maximum Gasteiger partial charge on any atom is 0.327 e. The van der Waals surface area contributed by atoms with E-state index in [4.69, 9.17) is 44.6 Å². The van der Waals surface area contributed by atoms with E-state index in [0.29, 0.717) is 54.9 Å². The number of aliphatic hydroxyl groups is 2. The van der Waals surface area contributed by atoms with Crippen molar-refractivity contribution in [1.82, 2.24) is 46.1 Å². The van der Waals surface area contributed by atoms with Gasteiger partial charge in [0.05, 0.1) is 103 Å². The Labute approximate surface area is 841 Å². The number of nitrogens with two attached hydrogens (primary N) is 2. The highest BCUT2D eigenvalue weighted by Crippen LogP contribution is 2.57. The summed E-state index contributed by atoms with van der Waals surface area (Å²) >= 11 is 2.98. The first-order valence-corrected chi connectivity index (χ1v) is 53.7. The minimum absolute atomic E-state index is 0. The van der Waals surface area contributed by atoms with E-state index in [1.807, 2.05) is 68.6 Å². The topological polar surface area (TPSA) is 524 Å². The Morgan fingerprint density at radius 1 is 0.716 bits per heavy atom. The van der Waals surface area contributed by atoms with Crippen molar-refractivity contribution in [2.75, 3.05) is 84.8 Å². The molecule has 0 aliphatic carbocycles. The molecule has 7 fully saturated rings. The zero-order valence-corrected chi connectivity index (χ0v) is 85.2. The van der Waals surface area contributed by atoms with Crippen LogP contribution in [0.5, 0.6) is 0 Å². The lowest BCUT2D eigenvalue weighted by atomic mass is 9.78. The van der Waals surface area contributed by atoms with Gasteiger partial charge in [-0.2, -0.15) is 28.5 Å². The summed E-state index contributed by atoms with van der Waals surface area (Å²) in [4.78, 5) is 165. The van der Waals surface area contributed by atoms with Crippen LogP contribution in [0.1, 0.15) is 224 Å². The van der Waals surface area contributed by atoms with Crippen molar-refractivity contribution < 1.29 is 106 Å². The lowest BCUT2D eigenvalue weighted by Crippen LogP contribution is -2.58. The lowest BCUT2D eigenvalue weighted by Gasteiger charge is -2.50. The van der Waals surface area contributed by atoms with Crippen LogP contribution < -0.4 is 48.5 Å². The van der Waals surface area contributed by atoms with Gasteiger partial charge in [-0.3, -0.25) is 52.9 Å². The third-order valence-electron chi connectivity index (χ3n) is 28.1. The minimum Gasteiger partial charge on any atom is -0.480 e. The molecule has 3 unspecified atom stereocenters. The number of para-hydroxylation sites is 1. The van der Waals surface area contributed by atoms with Crippen molar-refractivity contribution in [2.45, 2.75) is 289 Å². The fourth-order valence-electron chi connectivity index (χ4n) is 20.3. The van der Waals surface area contributed by atoms with Crippen LogP contribution in [0.2, 0.25) is 0 Å². The molecule has 3 aromatic carbocycles. The van der Waals surface area contributed by atoms with Crippen molar-refractivity contribution in [1.29, 1.82) is 0 Å². The molecule has 141 heavy (non-hydrogen) atoms. The molecule has 8 amide bonds. The number of Topliss-reactive ketones (excluding diaryl/α,β-unsaturated/α-hetero) is 1. The molecule has 7 saturated heterocycles. The maximum absolute atomic E-state index is 13.2. The van der Waals surface area contributed by atoms with E-state index in [9.17, 15) is 78.0 Å². The summed E-state index contributed by atoms with van der Waals surface area (Å²) in [5, 5.41) is 53.9. The smallest absolute Gasteiger partial charge is 0.327 e. The van der Waals surface area contributed by atoms with E-state index in [2.05, 4.69) is 107 Å². The Kier molecular flexibility index (Phi) is 42.4. The second kappa shape index (κ2) is 52.5. The largest absolute Gasteiger partial charge is 0.480 e. The molecule has 40 heteroatoms. The molecule has 0 radical (unpaired) electrons. The first kappa shape index (κ1) is 114. The third-order valence-corrected chi connectivity index (χ3v) is 31.7. The van der Waals surface area contributed by atoms with Crippen LogP contribution in [0.25, 0.3) is 11.2 Å². The highest BCUT2D eigenvalue weighted by molar-refractivity contribution is 8.76. The average Bonchev–Trinajstić information content (AvgIpc) is 1.56. The van der Waals surface area contributed by atoms with Crippen LogP contribution in [0, 0.1) is 59.2 Å². The molecule has 1 spiro atoms. The number of aromatic nitrogens is 4. The number of benzene rings is 3. The molecule has 8 aliphatic rings. The normalized spacial score (nSPS) is 28.0. The standard InChI is InChI=1S/C43H75NO10S.C29H37N9O8S.C28H27N3O5S2.CH4/c1-24-12-13-31(49-36(24)29(6)39(46)44-16-17-55-11)20-32-21-33(48-10)30(7)43(51-32)28(5)22-41(9,54-43)35-14-15-40(8,52-35)38-26(3)19-34(50-38)37-25(2)18-27(4)42(47,23-45)53-37;1-47-14-21(28(45)46)36-25(41)16(3-2-10-30)11-19(39)8-9-20(27(43)44)35-24(40)15-4-6-17(7-5-15)32-12-18-13-33-23-22(34-18)26(42)38-29(31)37-23;32-24(29-16-18-38-37-17-15-28(36)31-26(34)13-14-27(31)35)11-12-25(33)30-19-22-7-2-1-5-20(22)9-10-21-6-3-4-8-23(21)30;/h24-38,45,47H,12-23H2,1-11H3,(H,44,46);4-7,13,16,20-21,32H,2-3,8-12,14,30H2,1H3,(H,35,40)(H,36,41)(H,43,44)(H,45,46)(H3,31,33,37,38,42);1-8H,11-19H2,(H,29,32);1H4/t24-,25-,26-,27+,28+,29+,30+,31+,32+,33+,34+,35?,36?,37+,38+,40-,41+,42-,43+;16?,20-,21-;;/m00../s1. The monoisotopic (exact) mass is 2030 g/mol. The molecule has 10 heterocycles. The number of nitrogens with one attached hydrogen (secondary N) is 6. The van der Waals surface area contributed by atoms with E-state index >= 15 is 0 Å². The molecule has 8 aliphatic heterocycles. The van der Waals surface area contributed by atoms with Crippen molar-refractivity contribution >= 4 is 139 Å². The molecular weight excluding hydrogens is 1890 g/mol. The Bertz CT molecular complexity index is 5270. The number of ketones is 1. The van der Waals surface area contributed by atoms with Crippen molar-refractivity contribution in [2.24, 2.45) is 53.1 Å². The first-order chi connectivity index (χ1) is 66.8. The predicted molar refractivity (Wildman–Crippen MR) is 541 cm³/mol. The van der Waals surface area contributed by atoms with Crippen molar-refractivity contribution in [3.05, 3.63) is 117 Å². The molecule has 2 aromatic heterocycles. The molecule has 13 rings (SSSR count). The van der Waals surface area contributed by atoms with Crippen LogP contribution >= 0.6 is 45.1 Å². The maximum atomic E-state index is 13.2. The van der Waals surface area contributed by atoms with Gasteiger partial charge in [0.15, 0.2) is 22.7 Å². The Morgan fingerprint density at radius 3 is 2.11 bits per heavy atom. The number of likely N-dealkylation sites (tertiary alicyclic amines) is 1. The molecule has 5 aromatic rings. The number of aliphatic carboxylic acids is 2. The number of ether oxygens (including phenoxy) is 7. The highest BCUT2D eigenvalue weighted by atomic mass is 33.1. The number of carbonyl (C=O) groups excluding carboxylic acids is 9. The number of hydrogen-bond acceptors (Lipinski definition) is 31. The number of carboxylic acid groups (broad SMARTS) is 2. The van der Waals surface area contributed by atoms with Crippen LogP contribution in [-0.4, -0.2) is 263 Å². The van der Waals surface area contributed by atoms with Gasteiger partial charge in [-0.25, -0.2) is 24.5 Å². The van der Waals surface area contributed by atoms with Gasteiger partial charge in [0.25, 0.3) is 11.5 Å². The summed E-state index contributed by atoms with van der Waals surface area (Å²) in [6, 6.07) is 18.9. The number of aliphatic hydroxyl groups excluding tert-OH is 1. The number of carbonyl (C=O) groups is 11. The fourth-order valence-corrected chi connectivity index (χ4v) is 23.1. The van der Waals surface area contributed by atoms with Gasteiger partial charge < -0.3 is 96.5 Å². The lowest BCUT2D eigenvalue weighted by molar-refractivity contribution is -0.353. The SMILES string of the molecule is C.CO[C@@H]1C[C@@H](C[C@H]2CC[C@H](C)C([C@@H](C)C(=O)NCCSC)O2)O[C@]2(O[C@@](C)(C3CC[C@@](C)([C@@H]4O[C@@H]([C@@H]5O[C@@](O)(CO)[C@H](C)C[C@@H]5C)C[C@@H]4C)O3)C[C@H]2C)[C@@H]1C.CSC[C@H](NC(=O)C(CCCN)CC(=O)CC[C@H](NC(=O)c1ccc(NCc2cnc3nc(N)[nH]c(=O)c3n2)cc1)C(=O)O)C(=O)O.O=C(CCC(=O)N1Cc2ccccc2C#Cc2ccccc21)NCCSSCCC(=O)N1C(=O)CCC1=O. The summed E-state index contributed by atoms with van der Waals surface area (Å²) in [6.45, 7) is 20.9. The minimum atomic E-state index is -1.55. The van der Waals surface area contributed by atoms with E-state index < -0.39 is 100 Å². The van der Waals surface area contributed by atoms with Gasteiger partial charge in [-0.1, -0.05) is 120 Å². The van der Waals surface area contributed by atoms with E-state index in [1.54, 1.807) is 42.2 Å². The molecule has 22 atom stereocenters. The Hall–Kier alpha value is -9.19. The Balaban J connectivity index is 0.000000221. The van der Waals surface area contributed by atoms with Crippen LogP contribution in [0.3, 0.4) is 0 Å². The van der Waals surface area contributed by atoms with Crippen LogP contribution in [0.15, 0.2) is 83.8 Å².